The molecule has 0 aromatic carbocycles. The van der Waals surface area contributed by atoms with Gasteiger partial charge in [0.15, 0.2) is 11.8 Å². The quantitative estimate of drug-likeness (QED) is 0.163. The Kier molecular flexibility index (Phi) is 14.5. The third-order valence-corrected chi connectivity index (χ3v) is 5.30. The van der Waals surface area contributed by atoms with Crippen molar-refractivity contribution in [2.24, 2.45) is 17.5 Å². The van der Waals surface area contributed by atoms with Crippen LogP contribution in [0.25, 0.3) is 0 Å². The van der Waals surface area contributed by atoms with Gasteiger partial charge in [0.05, 0.1) is 0 Å². The van der Waals surface area contributed by atoms with Crippen molar-refractivity contribution in [3.8, 4) is 0 Å². The van der Waals surface area contributed by atoms with Gasteiger partial charge in [-0.15, -0.1) is 34.2 Å². The van der Waals surface area contributed by atoms with Crippen molar-refractivity contribution in [2.45, 2.75) is 59.9 Å². The first kappa shape index (κ1) is 27.1. The SMILES string of the molecule is CCOCCCNC(=NCc1nnc(C)n1C)NCC(CC)(CC)CCO.I. The maximum atomic E-state index is 9.43. The lowest BCUT2D eigenvalue weighted by molar-refractivity contribution is 0.145. The Morgan fingerprint density at radius 2 is 1.93 bits per heavy atom. The van der Waals surface area contributed by atoms with E-state index in [1.54, 1.807) is 0 Å². The molecule has 0 aliphatic rings. The van der Waals surface area contributed by atoms with Crippen molar-refractivity contribution in [1.82, 2.24) is 25.4 Å². The highest BCUT2D eigenvalue weighted by Crippen LogP contribution is 2.29. The number of aliphatic imine (C=N–C) groups is 1. The van der Waals surface area contributed by atoms with Gasteiger partial charge in [-0.1, -0.05) is 13.8 Å². The van der Waals surface area contributed by atoms with Crippen LogP contribution in [0.3, 0.4) is 0 Å². The molecule has 0 atom stereocenters. The average Bonchev–Trinajstić information content (AvgIpc) is 3.00. The zero-order valence-electron chi connectivity index (χ0n) is 18.1. The lowest BCUT2D eigenvalue weighted by atomic mass is 9.79. The molecule has 0 amide bonds. The first-order chi connectivity index (χ1) is 13.0. The summed E-state index contributed by atoms with van der Waals surface area (Å²) in [5.41, 5.74) is 0.0733. The van der Waals surface area contributed by atoms with Gasteiger partial charge in [-0.05, 0) is 44.9 Å². The van der Waals surface area contributed by atoms with Crippen LogP contribution in [-0.4, -0.2) is 58.7 Å². The van der Waals surface area contributed by atoms with Gasteiger partial charge >= 0.3 is 0 Å². The van der Waals surface area contributed by atoms with Crippen molar-refractivity contribution < 1.29 is 9.84 Å². The summed E-state index contributed by atoms with van der Waals surface area (Å²) in [6.07, 6.45) is 3.72. The molecule has 0 spiro atoms. The number of halogens is 1. The van der Waals surface area contributed by atoms with Crippen LogP contribution < -0.4 is 10.6 Å². The van der Waals surface area contributed by atoms with Crippen molar-refractivity contribution in [1.29, 1.82) is 0 Å². The summed E-state index contributed by atoms with van der Waals surface area (Å²) >= 11 is 0. The molecule has 0 unspecified atom stereocenters. The molecule has 28 heavy (non-hydrogen) atoms. The van der Waals surface area contributed by atoms with Gasteiger partial charge < -0.3 is 25.0 Å². The van der Waals surface area contributed by atoms with Gasteiger partial charge in [-0.3, -0.25) is 0 Å². The fourth-order valence-electron chi connectivity index (χ4n) is 2.89. The van der Waals surface area contributed by atoms with Crippen LogP contribution in [0.5, 0.6) is 0 Å². The summed E-state index contributed by atoms with van der Waals surface area (Å²) in [6.45, 7) is 12.0. The summed E-state index contributed by atoms with van der Waals surface area (Å²) in [5.74, 6) is 2.46. The number of guanidine groups is 1. The minimum atomic E-state index is 0. The molecule has 0 saturated carbocycles. The van der Waals surface area contributed by atoms with E-state index >= 15 is 0 Å². The van der Waals surface area contributed by atoms with Crippen molar-refractivity contribution in [3.05, 3.63) is 11.6 Å². The topological polar surface area (TPSA) is 96.6 Å². The molecular weight excluding hydrogens is 471 g/mol. The molecule has 1 heterocycles. The highest BCUT2D eigenvalue weighted by atomic mass is 127. The van der Waals surface area contributed by atoms with E-state index < -0.39 is 0 Å². The Morgan fingerprint density at radius 3 is 2.46 bits per heavy atom. The largest absolute Gasteiger partial charge is 0.396 e. The summed E-state index contributed by atoms with van der Waals surface area (Å²) in [5, 5.41) is 24.5. The number of ether oxygens (including phenoxy) is 1. The summed E-state index contributed by atoms with van der Waals surface area (Å²) in [7, 11) is 1.95. The monoisotopic (exact) mass is 510 g/mol. The lowest BCUT2D eigenvalue weighted by Crippen LogP contribution is -2.44. The molecule has 1 rings (SSSR count). The second-order valence-corrected chi connectivity index (χ2v) is 6.90. The molecule has 0 radical (unpaired) electrons. The fraction of sp³-hybridized carbons (Fsp3) is 0.842. The van der Waals surface area contributed by atoms with E-state index in [4.69, 9.17) is 4.74 Å². The van der Waals surface area contributed by atoms with Gasteiger partial charge in [0.1, 0.15) is 12.4 Å². The Morgan fingerprint density at radius 1 is 1.21 bits per heavy atom. The fourth-order valence-corrected chi connectivity index (χ4v) is 2.89. The maximum Gasteiger partial charge on any atom is 0.191 e. The van der Waals surface area contributed by atoms with Crippen LogP contribution in [0.4, 0.5) is 0 Å². The maximum absolute atomic E-state index is 9.43. The molecule has 0 fully saturated rings. The number of hydrogen-bond acceptors (Lipinski definition) is 5. The highest BCUT2D eigenvalue weighted by molar-refractivity contribution is 14.0. The minimum absolute atomic E-state index is 0. The van der Waals surface area contributed by atoms with Crippen LogP contribution in [-0.2, 0) is 18.3 Å². The second kappa shape index (κ2) is 15.0. The molecule has 0 aliphatic carbocycles. The van der Waals surface area contributed by atoms with E-state index in [1.807, 2.05) is 25.5 Å². The van der Waals surface area contributed by atoms with E-state index in [-0.39, 0.29) is 36.0 Å². The van der Waals surface area contributed by atoms with Gasteiger partial charge in [0, 0.05) is 40.0 Å². The summed E-state index contributed by atoms with van der Waals surface area (Å²) in [4.78, 5) is 4.69. The van der Waals surface area contributed by atoms with Crippen LogP contribution in [0, 0.1) is 12.3 Å². The van der Waals surface area contributed by atoms with Gasteiger partial charge in [-0.2, -0.15) is 0 Å². The number of nitrogens with zero attached hydrogens (tertiary/aromatic N) is 4. The zero-order valence-corrected chi connectivity index (χ0v) is 20.5. The van der Waals surface area contributed by atoms with E-state index in [2.05, 4.69) is 39.7 Å². The molecule has 0 bridgehead atoms. The van der Waals surface area contributed by atoms with Crippen molar-refractivity contribution in [3.63, 3.8) is 0 Å². The van der Waals surface area contributed by atoms with Crippen LogP contribution >= 0.6 is 24.0 Å². The molecule has 8 nitrogen and oxygen atoms in total. The number of rotatable bonds is 13. The Bertz CT molecular complexity index is 561. The first-order valence-electron chi connectivity index (χ1n) is 10.1. The standard InChI is InChI=1S/C19H38N6O2.HI/c1-6-19(7-2,10-12-26)15-22-18(20-11-9-13-27-8-3)21-14-17-24-23-16(4)25(17)5;/h26H,6-15H2,1-5H3,(H2,20,21,22);1H. The smallest absolute Gasteiger partial charge is 0.191 e. The van der Waals surface area contributed by atoms with E-state index in [1.165, 1.54) is 0 Å². The van der Waals surface area contributed by atoms with Crippen LogP contribution in [0.15, 0.2) is 4.99 Å². The Hall–Kier alpha value is -0.940. The zero-order chi connectivity index (χ0) is 20.1. The first-order valence-corrected chi connectivity index (χ1v) is 10.1. The van der Waals surface area contributed by atoms with Crippen LogP contribution in [0.2, 0.25) is 0 Å². The van der Waals surface area contributed by atoms with Gasteiger partial charge in [-0.25, -0.2) is 4.99 Å². The number of aliphatic hydroxyl groups excluding tert-OH is 1. The molecule has 0 aliphatic heterocycles. The third kappa shape index (κ3) is 9.04. The number of aryl methyl sites for hydroxylation is 1. The predicted octanol–water partition coefficient (Wildman–Crippen LogP) is 2.39. The third-order valence-electron chi connectivity index (χ3n) is 5.30. The Labute approximate surface area is 187 Å². The van der Waals surface area contributed by atoms with Gasteiger partial charge in [0.2, 0.25) is 0 Å². The lowest BCUT2D eigenvalue weighted by Gasteiger charge is -2.32. The molecule has 1 aromatic rings. The predicted molar refractivity (Wildman–Crippen MR) is 124 cm³/mol. The molecular formula is C19H39IN6O2. The van der Waals surface area contributed by atoms with E-state index in [0.29, 0.717) is 6.54 Å². The number of hydrogen-bond donors (Lipinski definition) is 3. The van der Waals surface area contributed by atoms with E-state index in [0.717, 1.165) is 69.6 Å². The number of aliphatic hydroxyl groups is 1. The molecule has 9 heteroatoms. The van der Waals surface area contributed by atoms with E-state index in [9.17, 15) is 5.11 Å². The van der Waals surface area contributed by atoms with Crippen LogP contribution in [0.1, 0.15) is 58.1 Å². The molecule has 3 N–H and O–H groups in total. The minimum Gasteiger partial charge on any atom is -0.396 e. The highest BCUT2D eigenvalue weighted by Gasteiger charge is 2.25. The average molecular weight is 510 g/mol. The normalized spacial score (nSPS) is 12.0. The molecule has 0 saturated heterocycles. The Balaban J connectivity index is 0.00000729. The summed E-state index contributed by atoms with van der Waals surface area (Å²) < 4.78 is 7.34. The number of nitrogens with one attached hydrogen (secondary N) is 2. The second-order valence-electron chi connectivity index (χ2n) is 6.90. The van der Waals surface area contributed by atoms with Crippen molar-refractivity contribution in [2.75, 3.05) is 32.9 Å². The molecule has 164 valence electrons. The van der Waals surface area contributed by atoms with Crippen molar-refractivity contribution >= 4 is 29.9 Å². The number of aromatic nitrogens is 3. The van der Waals surface area contributed by atoms with Gasteiger partial charge in [0.25, 0.3) is 0 Å². The molecule has 1 aromatic heterocycles. The summed E-state index contributed by atoms with van der Waals surface area (Å²) in [6, 6.07) is 0.